The summed E-state index contributed by atoms with van der Waals surface area (Å²) >= 11 is 5.86. The molecule has 0 N–H and O–H groups in total. The van der Waals surface area contributed by atoms with Gasteiger partial charge in [-0.3, -0.25) is 4.79 Å². The molecule has 3 heteroatoms. The highest BCUT2D eigenvalue weighted by molar-refractivity contribution is 6.33. The summed E-state index contributed by atoms with van der Waals surface area (Å²) in [4.78, 5) is 12.0. The molecular weight excluding hydrogens is 236 g/mol. The summed E-state index contributed by atoms with van der Waals surface area (Å²) in [5, 5.41) is -0.498. The Labute approximate surface area is 108 Å². The first-order valence-electron chi connectivity index (χ1n) is 5.75. The van der Waals surface area contributed by atoms with Crippen LogP contribution in [0.5, 0.6) is 5.75 Å². The minimum absolute atomic E-state index is 0.0336. The van der Waals surface area contributed by atoms with Gasteiger partial charge in [0.05, 0.1) is 12.5 Å². The summed E-state index contributed by atoms with van der Waals surface area (Å²) < 4.78 is 5.34. The van der Waals surface area contributed by atoms with E-state index in [0.29, 0.717) is 11.5 Å². The molecule has 0 saturated heterocycles. The van der Waals surface area contributed by atoms with Crippen molar-refractivity contribution in [3.8, 4) is 5.75 Å². The fraction of sp³-hybridized carbons (Fsp3) is 0.500. The Bertz CT molecular complexity index is 422. The van der Waals surface area contributed by atoms with E-state index in [0.717, 1.165) is 16.9 Å². The number of ether oxygens (including phenoxy) is 1. The number of Topliss-reactive ketones (excluding diaryl/α,β-unsaturated/α-hetero) is 1. The smallest absolute Gasteiger partial charge is 0.180 e. The Morgan fingerprint density at radius 2 is 1.88 bits per heavy atom. The van der Waals surface area contributed by atoms with E-state index in [1.165, 1.54) is 0 Å². The predicted molar refractivity (Wildman–Crippen MR) is 71.5 cm³/mol. The summed E-state index contributed by atoms with van der Waals surface area (Å²) in [6, 6.07) is 3.81. The molecule has 0 amide bonds. The molecule has 94 valence electrons. The molecule has 0 aliphatic rings. The van der Waals surface area contributed by atoms with E-state index in [-0.39, 0.29) is 5.78 Å². The number of hydrogen-bond donors (Lipinski definition) is 0. The SMILES string of the molecule is COc1cc(C)c(C(=O)C(C)Cl)cc1C(C)C. The van der Waals surface area contributed by atoms with Gasteiger partial charge in [-0.15, -0.1) is 11.6 Å². The van der Waals surface area contributed by atoms with E-state index in [9.17, 15) is 4.79 Å². The molecule has 0 saturated carbocycles. The van der Waals surface area contributed by atoms with Crippen LogP contribution in [0.3, 0.4) is 0 Å². The van der Waals surface area contributed by atoms with E-state index in [2.05, 4.69) is 13.8 Å². The van der Waals surface area contributed by atoms with Crippen LogP contribution in [0.2, 0.25) is 0 Å². The first-order valence-corrected chi connectivity index (χ1v) is 6.19. The highest BCUT2D eigenvalue weighted by Crippen LogP contribution is 2.30. The summed E-state index contributed by atoms with van der Waals surface area (Å²) in [6.07, 6.45) is 0. The van der Waals surface area contributed by atoms with Gasteiger partial charge >= 0.3 is 0 Å². The zero-order valence-electron chi connectivity index (χ0n) is 11.0. The molecule has 17 heavy (non-hydrogen) atoms. The number of hydrogen-bond acceptors (Lipinski definition) is 2. The summed E-state index contributed by atoms with van der Waals surface area (Å²) in [5.41, 5.74) is 2.64. The molecule has 0 heterocycles. The standard InChI is InChI=1S/C14H19ClO2/c1-8(2)11-7-12(14(16)10(4)15)9(3)6-13(11)17-5/h6-8,10H,1-5H3. The average molecular weight is 255 g/mol. The fourth-order valence-corrected chi connectivity index (χ4v) is 1.92. The van der Waals surface area contributed by atoms with E-state index in [1.54, 1.807) is 14.0 Å². The first-order chi connectivity index (χ1) is 7.88. The lowest BCUT2D eigenvalue weighted by Gasteiger charge is -2.16. The second-order valence-corrected chi connectivity index (χ2v) is 5.20. The summed E-state index contributed by atoms with van der Waals surface area (Å²) in [6.45, 7) is 7.75. The minimum Gasteiger partial charge on any atom is -0.496 e. The molecule has 0 bridgehead atoms. The van der Waals surface area contributed by atoms with Gasteiger partial charge in [0.1, 0.15) is 5.75 Å². The number of halogens is 1. The average Bonchev–Trinajstić information content (AvgIpc) is 2.27. The third kappa shape index (κ3) is 3.01. The van der Waals surface area contributed by atoms with Crippen molar-refractivity contribution < 1.29 is 9.53 Å². The lowest BCUT2D eigenvalue weighted by molar-refractivity contribution is 0.0991. The largest absolute Gasteiger partial charge is 0.496 e. The Kier molecular flexibility index (Phi) is 4.58. The molecule has 0 aromatic heterocycles. The van der Waals surface area contributed by atoms with Crippen LogP contribution >= 0.6 is 11.6 Å². The van der Waals surface area contributed by atoms with Gasteiger partial charge in [-0.05, 0) is 43.0 Å². The van der Waals surface area contributed by atoms with Gasteiger partial charge in [0, 0.05) is 5.56 Å². The van der Waals surface area contributed by atoms with Crippen LogP contribution in [0.1, 0.15) is 48.2 Å². The van der Waals surface area contributed by atoms with Crippen LogP contribution in [-0.4, -0.2) is 18.3 Å². The van der Waals surface area contributed by atoms with Crippen molar-refractivity contribution in [3.05, 3.63) is 28.8 Å². The number of benzene rings is 1. The maximum atomic E-state index is 12.0. The van der Waals surface area contributed by atoms with Crippen molar-refractivity contribution >= 4 is 17.4 Å². The van der Waals surface area contributed by atoms with Crippen LogP contribution in [0, 0.1) is 6.92 Å². The minimum atomic E-state index is -0.498. The van der Waals surface area contributed by atoms with Crippen LogP contribution in [0.15, 0.2) is 12.1 Å². The number of alkyl halides is 1. The van der Waals surface area contributed by atoms with Crippen molar-refractivity contribution in [3.63, 3.8) is 0 Å². The van der Waals surface area contributed by atoms with Gasteiger partial charge in [0.2, 0.25) is 0 Å². The molecule has 0 fully saturated rings. The molecule has 0 aliphatic carbocycles. The van der Waals surface area contributed by atoms with Crippen LogP contribution in [0.4, 0.5) is 0 Å². The molecule has 1 aromatic carbocycles. The topological polar surface area (TPSA) is 26.3 Å². The summed E-state index contributed by atoms with van der Waals surface area (Å²) in [7, 11) is 1.65. The van der Waals surface area contributed by atoms with Gasteiger partial charge in [0.25, 0.3) is 0 Å². The predicted octanol–water partition coefficient (Wildman–Crippen LogP) is 3.94. The number of rotatable bonds is 4. The Morgan fingerprint density at radius 1 is 1.29 bits per heavy atom. The zero-order valence-corrected chi connectivity index (χ0v) is 11.8. The quantitative estimate of drug-likeness (QED) is 0.601. The molecule has 1 unspecified atom stereocenters. The van der Waals surface area contributed by atoms with Crippen LogP contribution in [0.25, 0.3) is 0 Å². The summed E-state index contributed by atoms with van der Waals surface area (Å²) in [5.74, 6) is 1.10. The van der Waals surface area contributed by atoms with E-state index in [1.807, 2.05) is 19.1 Å². The lowest BCUT2D eigenvalue weighted by Crippen LogP contribution is -2.13. The molecule has 0 aliphatic heterocycles. The van der Waals surface area contributed by atoms with Crippen molar-refractivity contribution in [2.45, 2.75) is 39.0 Å². The van der Waals surface area contributed by atoms with Crippen molar-refractivity contribution in [2.75, 3.05) is 7.11 Å². The van der Waals surface area contributed by atoms with Gasteiger partial charge in [-0.25, -0.2) is 0 Å². The lowest BCUT2D eigenvalue weighted by atomic mass is 9.94. The third-order valence-electron chi connectivity index (χ3n) is 2.83. The van der Waals surface area contributed by atoms with Crippen molar-refractivity contribution in [1.82, 2.24) is 0 Å². The van der Waals surface area contributed by atoms with E-state index in [4.69, 9.17) is 16.3 Å². The van der Waals surface area contributed by atoms with Gasteiger partial charge < -0.3 is 4.74 Å². The fourth-order valence-electron chi connectivity index (χ4n) is 1.81. The number of ketones is 1. The van der Waals surface area contributed by atoms with Crippen molar-refractivity contribution in [1.29, 1.82) is 0 Å². The molecule has 2 nitrogen and oxygen atoms in total. The number of carbonyl (C=O) groups excluding carboxylic acids is 1. The van der Waals surface area contributed by atoms with Crippen molar-refractivity contribution in [2.24, 2.45) is 0 Å². The number of carbonyl (C=O) groups is 1. The van der Waals surface area contributed by atoms with Crippen LogP contribution < -0.4 is 4.74 Å². The Balaban J connectivity index is 3.34. The molecule has 1 rings (SSSR count). The highest BCUT2D eigenvalue weighted by Gasteiger charge is 2.18. The van der Waals surface area contributed by atoms with Gasteiger partial charge in [-0.2, -0.15) is 0 Å². The Hall–Kier alpha value is -1.02. The Morgan fingerprint density at radius 3 is 2.29 bits per heavy atom. The number of aryl methyl sites for hydroxylation is 1. The third-order valence-corrected chi connectivity index (χ3v) is 3.02. The monoisotopic (exact) mass is 254 g/mol. The second kappa shape index (κ2) is 5.54. The highest BCUT2D eigenvalue weighted by atomic mass is 35.5. The maximum absolute atomic E-state index is 12.0. The van der Waals surface area contributed by atoms with Gasteiger partial charge in [0.15, 0.2) is 5.78 Å². The van der Waals surface area contributed by atoms with E-state index < -0.39 is 5.38 Å². The number of methoxy groups -OCH3 is 1. The molecule has 0 radical (unpaired) electrons. The first kappa shape index (κ1) is 14.0. The van der Waals surface area contributed by atoms with Gasteiger partial charge in [-0.1, -0.05) is 13.8 Å². The molecule has 1 atom stereocenters. The van der Waals surface area contributed by atoms with E-state index >= 15 is 0 Å². The zero-order chi connectivity index (χ0) is 13.2. The molecule has 1 aromatic rings. The normalized spacial score (nSPS) is 12.6. The molecular formula is C14H19ClO2. The molecule has 0 spiro atoms. The maximum Gasteiger partial charge on any atom is 0.180 e. The van der Waals surface area contributed by atoms with Crippen LogP contribution in [-0.2, 0) is 0 Å². The second-order valence-electron chi connectivity index (χ2n) is 4.54.